The zero-order chi connectivity index (χ0) is 13.1. The summed E-state index contributed by atoms with van der Waals surface area (Å²) in [7, 11) is 0. The van der Waals surface area contributed by atoms with Crippen LogP contribution in [0.3, 0.4) is 0 Å². The van der Waals surface area contributed by atoms with Crippen LogP contribution in [-0.4, -0.2) is 15.1 Å². The molecular formula is C14H15BrN2O2. The standard InChI is InChI=1S/C14H15BrN2O2/c15-10-5-12-11(16-14(19)17-12)4-9(10)13(18)8-2-6-1-7(6)3-8/h4-8,13,18H,1-3H2,(H2,16,17,19). The predicted molar refractivity (Wildman–Crippen MR) is 75.9 cm³/mol. The van der Waals surface area contributed by atoms with Gasteiger partial charge in [-0.1, -0.05) is 15.9 Å². The number of aliphatic hydroxyl groups excluding tert-OH is 1. The van der Waals surface area contributed by atoms with Crippen molar-refractivity contribution in [2.24, 2.45) is 17.8 Å². The largest absolute Gasteiger partial charge is 0.388 e. The van der Waals surface area contributed by atoms with E-state index in [0.717, 1.165) is 45.7 Å². The Kier molecular flexibility index (Phi) is 2.45. The van der Waals surface area contributed by atoms with Crippen molar-refractivity contribution in [3.63, 3.8) is 0 Å². The van der Waals surface area contributed by atoms with Crippen LogP contribution < -0.4 is 5.69 Å². The summed E-state index contributed by atoms with van der Waals surface area (Å²) in [6.45, 7) is 0. The van der Waals surface area contributed by atoms with Gasteiger partial charge in [-0.15, -0.1) is 0 Å². The lowest BCUT2D eigenvalue weighted by Gasteiger charge is -2.21. The summed E-state index contributed by atoms with van der Waals surface area (Å²) in [6.07, 6.45) is 3.19. The van der Waals surface area contributed by atoms with Gasteiger partial charge < -0.3 is 15.1 Å². The SMILES string of the molecule is O=c1[nH]c2cc(Br)c(C(O)C3CC4CC4C3)cc2[nH]1. The minimum absolute atomic E-state index is 0.212. The normalized spacial score (nSPS) is 30.5. The van der Waals surface area contributed by atoms with Crippen LogP contribution in [0, 0.1) is 17.8 Å². The van der Waals surface area contributed by atoms with E-state index < -0.39 is 6.10 Å². The Morgan fingerprint density at radius 1 is 1.16 bits per heavy atom. The van der Waals surface area contributed by atoms with Gasteiger partial charge in [0.15, 0.2) is 0 Å². The number of hydrogen-bond donors (Lipinski definition) is 3. The van der Waals surface area contributed by atoms with E-state index in [2.05, 4.69) is 25.9 Å². The molecule has 2 saturated carbocycles. The first kappa shape index (κ1) is 11.7. The van der Waals surface area contributed by atoms with Crippen molar-refractivity contribution in [2.75, 3.05) is 0 Å². The zero-order valence-electron chi connectivity index (χ0n) is 10.3. The highest BCUT2D eigenvalue weighted by Crippen LogP contribution is 2.57. The van der Waals surface area contributed by atoms with Crippen molar-refractivity contribution in [2.45, 2.75) is 25.4 Å². The van der Waals surface area contributed by atoms with Crippen molar-refractivity contribution < 1.29 is 5.11 Å². The maximum atomic E-state index is 11.3. The van der Waals surface area contributed by atoms with Gasteiger partial charge in [-0.3, -0.25) is 0 Å². The Bertz CT molecular complexity index is 695. The Labute approximate surface area is 118 Å². The van der Waals surface area contributed by atoms with E-state index in [1.54, 1.807) is 0 Å². The molecule has 4 rings (SSSR count). The van der Waals surface area contributed by atoms with Gasteiger partial charge in [-0.25, -0.2) is 4.79 Å². The van der Waals surface area contributed by atoms with Gasteiger partial charge >= 0.3 is 5.69 Å². The van der Waals surface area contributed by atoms with Gasteiger partial charge in [0, 0.05) is 4.47 Å². The first-order valence-electron chi connectivity index (χ1n) is 6.71. The summed E-state index contributed by atoms with van der Waals surface area (Å²) in [6, 6.07) is 3.74. The van der Waals surface area contributed by atoms with Crippen LogP contribution in [0.25, 0.3) is 11.0 Å². The smallest absolute Gasteiger partial charge is 0.323 e. The fourth-order valence-electron chi connectivity index (χ4n) is 3.57. The molecular weight excluding hydrogens is 308 g/mol. The van der Waals surface area contributed by atoms with Gasteiger partial charge in [0.1, 0.15) is 0 Å². The second kappa shape index (κ2) is 3.96. The van der Waals surface area contributed by atoms with Crippen LogP contribution >= 0.6 is 15.9 Å². The van der Waals surface area contributed by atoms with Crippen molar-refractivity contribution in [3.05, 3.63) is 32.7 Å². The molecule has 0 saturated heterocycles. The average Bonchev–Trinajstić information content (AvgIpc) is 2.81. The van der Waals surface area contributed by atoms with Crippen LogP contribution in [0.2, 0.25) is 0 Å². The minimum Gasteiger partial charge on any atom is -0.388 e. The highest BCUT2D eigenvalue weighted by molar-refractivity contribution is 9.10. The zero-order valence-corrected chi connectivity index (χ0v) is 11.9. The van der Waals surface area contributed by atoms with Crippen molar-refractivity contribution in [1.29, 1.82) is 0 Å². The third-order valence-corrected chi connectivity index (χ3v) is 5.37. The molecule has 0 amide bonds. The number of aromatic amines is 2. The lowest BCUT2D eigenvalue weighted by Crippen LogP contribution is -2.11. The predicted octanol–water partition coefficient (Wildman–Crippen LogP) is 2.70. The van der Waals surface area contributed by atoms with Crippen molar-refractivity contribution >= 4 is 27.0 Å². The number of benzene rings is 1. The molecule has 100 valence electrons. The van der Waals surface area contributed by atoms with Crippen molar-refractivity contribution in [3.8, 4) is 0 Å². The fraction of sp³-hybridized carbons (Fsp3) is 0.500. The Balaban J connectivity index is 1.72. The lowest BCUT2D eigenvalue weighted by atomic mass is 9.91. The summed E-state index contributed by atoms with van der Waals surface area (Å²) in [4.78, 5) is 16.8. The summed E-state index contributed by atoms with van der Waals surface area (Å²) in [5.74, 6) is 2.08. The second-order valence-corrected chi connectivity index (χ2v) is 6.78. The van der Waals surface area contributed by atoms with E-state index >= 15 is 0 Å². The Morgan fingerprint density at radius 2 is 1.79 bits per heavy atom. The lowest BCUT2D eigenvalue weighted by molar-refractivity contribution is 0.104. The van der Waals surface area contributed by atoms with Crippen LogP contribution in [0.15, 0.2) is 21.4 Å². The van der Waals surface area contributed by atoms with E-state index in [0.29, 0.717) is 5.92 Å². The molecule has 1 heterocycles. The van der Waals surface area contributed by atoms with Gasteiger partial charge in [0.2, 0.25) is 0 Å². The monoisotopic (exact) mass is 322 g/mol. The Hall–Kier alpha value is -1.07. The number of halogens is 1. The number of hydrogen-bond acceptors (Lipinski definition) is 2. The quantitative estimate of drug-likeness (QED) is 0.795. The number of H-pyrrole nitrogens is 2. The molecule has 3 unspecified atom stereocenters. The Morgan fingerprint density at radius 3 is 2.47 bits per heavy atom. The van der Waals surface area contributed by atoms with E-state index in [9.17, 15) is 9.90 Å². The first-order chi connectivity index (χ1) is 9.11. The summed E-state index contributed by atoms with van der Waals surface area (Å²) in [5.41, 5.74) is 2.19. The molecule has 5 heteroatoms. The topological polar surface area (TPSA) is 68.9 Å². The molecule has 2 aromatic rings. The number of aromatic nitrogens is 2. The van der Waals surface area contributed by atoms with Crippen LogP contribution in [0.5, 0.6) is 0 Å². The molecule has 1 aromatic heterocycles. The molecule has 3 N–H and O–H groups in total. The van der Waals surface area contributed by atoms with Crippen LogP contribution in [0.4, 0.5) is 0 Å². The minimum atomic E-state index is -0.440. The molecule has 2 aliphatic carbocycles. The fourth-order valence-corrected chi connectivity index (χ4v) is 4.15. The van der Waals surface area contributed by atoms with E-state index in [1.165, 1.54) is 6.42 Å². The molecule has 2 aliphatic rings. The molecule has 4 nitrogen and oxygen atoms in total. The number of rotatable bonds is 2. The van der Waals surface area contributed by atoms with E-state index in [1.807, 2.05) is 12.1 Å². The van der Waals surface area contributed by atoms with Crippen LogP contribution in [-0.2, 0) is 0 Å². The average molecular weight is 323 g/mol. The molecule has 3 atom stereocenters. The molecule has 0 spiro atoms. The number of fused-ring (bicyclic) bond motifs is 2. The van der Waals surface area contributed by atoms with Crippen molar-refractivity contribution in [1.82, 2.24) is 9.97 Å². The molecule has 1 aromatic carbocycles. The molecule has 0 radical (unpaired) electrons. The highest BCUT2D eigenvalue weighted by Gasteiger charge is 2.48. The van der Waals surface area contributed by atoms with Gasteiger partial charge in [-0.05, 0) is 54.7 Å². The second-order valence-electron chi connectivity index (χ2n) is 5.93. The molecule has 0 aliphatic heterocycles. The maximum Gasteiger partial charge on any atom is 0.323 e. The summed E-state index contributed by atoms with van der Waals surface area (Å²) >= 11 is 3.50. The highest BCUT2D eigenvalue weighted by atomic mass is 79.9. The molecule has 0 bridgehead atoms. The van der Waals surface area contributed by atoms with E-state index in [-0.39, 0.29) is 5.69 Å². The molecule has 19 heavy (non-hydrogen) atoms. The number of nitrogens with one attached hydrogen (secondary N) is 2. The van der Waals surface area contributed by atoms with Gasteiger partial charge in [0.25, 0.3) is 0 Å². The third kappa shape index (κ3) is 1.87. The summed E-state index contributed by atoms with van der Waals surface area (Å²) in [5, 5.41) is 10.6. The van der Waals surface area contributed by atoms with Gasteiger partial charge in [0.05, 0.1) is 17.1 Å². The van der Waals surface area contributed by atoms with Crippen LogP contribution in [0.1, 0.15) is 30.9 Å². The van der Waals surface area contributed by atoms with E-state index in [4.69, 9.17) is 0 Å². The third-order valence-electron chi connectivity index (χ3n) is 4.68. The maximum absolute atomic E-state index is 11.3. The number of aliphatic hydroxyl groups is 1. The molecule has 2 fully saturated rings. The number of imidazole rings is 1. The first-order valence-corrected chi connectivity index (χ1v) is 7.50. The van der Waals surface area contributed by atoms with Gasteiger partial charge in [-0.2, -0.15) is 0 Å². The summed E-state index contributed by atoms with van der Waals surface area (Å²) < 4.78 is 0.864.